The van der Waals surface area contributed by atoms with Crippen LogP contribution in [0.3, 0.4) is 0 Å². The topological polar surface area (TPSA) is 56.8 Å². The van der Waals surface area contributed by atoms with Gasteiger partial charge in [0.1, 0.15) is 23.9 Å². The van der Waals surface area contributed by atoms with Crippen molar-refractivity contribution >= 4 is 5.91 Å². The summed E-state index contributed by atoms with van der Waals surface area (Å²) in [4.78, 5) is 12.3. The molecule has 140 valence electrons. The van der Waals surface area contributed by atoms with Gasteiger partial charge in [-0.3, -0.25) is 4.79 Å². The Morgan fingerprint density at radius 3 is 2.38 bits per heavy atom. The van der Waals surface area contributed by atoms with Crippen LogP contribution < -0.4 is 19.5 Å². The van der Waals surface area contributed by atoms with Crippen LogP contribution in [-0.2, 0) is 4.79 Å². The molecule has 1 N–H and O–H groups in total. The molecule has 0 heterocycles. The number of rotatable bonds is 9. The van der Waals surface area contributed by atoms with Crippen LogP contribution in [-0.4, -0.2) is 32.3 Å². The summed E-state index contributed by atoms with van der Waals surface area (Å²) in [5, 5.41) is 2.86. The lowest BCUT2D eigenvalue weighted by Gasteiger charge is -2.18. The Morgan fingerprint density at radius 2 is 1.77 bits per heavy atom. The predicted molar refractivity (Wildman–Crippen MR) is 102 cm³/mol. The highest BCUT2D eigenvalue weighted by molar-refractivity contribution is 5.81. The lowest BCUT2D eigenvalue weighted by Crippen LogP contribution is -2.39. The Labute approximate surface area is 155 Å². The van der Waals surface area contributed by atoms with Crippen molar-refractivity contribution in [1.82, 2.24) is 5.32 Å². The summed E-state index contributed by atoms with van der Waals surface area (Å²) in [5.74, 6) is 2.08. The van der Waals surface area contributed by atoms with Crippen molar-refractivity contribution in [1.29, 1.82) is 0 Å². The van der Waals surface area contributed by atoms with E-state index in [1.54, 1.807) is 31.4 Å². The summed E-state index contributed by atoms with van der Waals surface area (Å²) in [5.41, 5.74) is 2.29. The predicted octanol–water partition coefficient (Wildman–Crippen LogP) is 3.66. The third kappa shape index (κ3) is 5.69. The van der Waals surface area contributed by atoms with Gasteiger partial charge in [-0.15, -0.1) is 0 Å². The van der Waals surface area contributed by atoms with Gasteiger partial charge in [0.2, 0.25) is 0 Å². The van der Waals surface area contributed by atoms with Crippen molar-refractivity contribution in [3.05, 3.63) is 53.6 Å². The molecule has 2 rings (SSSR count). The molecule has 2 aromatic carbocycles. The maximum absolute atomic E-state index is 12.3. The zero-order chi connectivity index (χ0) is 18.9. The molecule has 0 radical (unpaired) electrons. The molecule has 1 atom stereocenters. The highest BCUT2D eigenvalue weighted by Gasteiger charge is 2.18. The second kappa shape index (κ2) is 9.70. The summed E-state index contributed by atoms with van der Waals surface area (Å²) >= 11 is 0. The number of methoxy groups -OCH3 is 1. The van der Waals surface area contributed by atoms with Crippen LogP contribution in [0.2, 0.25) is 0 Å². The monoisotopic (exact) mass is 357 g/mol. The molecular formula is C21H27NO4. The Bertz CT molecular complexity index is 712. The molecule has 5 nitrogen and oxygen atoms in total. The Hall–Kier alpha value is -2.69. The van der Waals surface area contributed by atoms with E-state index in [1.165, 1.54) is 5.56 Å². The normalized spacial score (nSPS) is 11.5. The minimum absolute atomic E-state index is 0.146. The van der Waals surface area contributed by atoms with Gasteiger partial charge in [-0.25, -0.2) is 0 Å². The van der Waals surface area contributed by atoms with Crippen LogP contribution in [0, 0.1) is 13.8 Å². The molecule has 0 bridgehead atoms. The van der Waals surface area contributed by atoms with Crippen LogP contribution in [0.4, 0.5) is 0 Å². The molecule has 0 unspecified atom stereocenters. The fourth-order valence-electron chi connectivity index (χ4n) is 2.55. The molecule has 0 saturated heterocycles. The number of benzene rings is 2. The van der Waals surface area contributed by atoms with Crippen molar-refractivity contribution in [3.8, 4) is 17.2 Å². The molecule has 5 heteroatoms. The van der Waals surface area contributed by atoms with Gasteiger partial charge < -0.3 is 19.5 Å². The van der Waals surface area contributed by atoms with Gasteiger partial charge in [-0.05, 0) is 56.2 Å². The van der Waals surface area contributed by atoms with E-state index in [9.17, 15) is 4.79 Å². The Balaban J connectivity index is 1.79. The molecule has 0 saturated carbocycles. The van der Waals surface area contributed by atoms with E-state index in [4.69, 9.17) is 14.2 Å². The molecular weight excluding hydrogens is 330 g/mol. The SMILES string of the molecule is CC[C@H](Oc1ccc(OC)cc1)C(=O)NCCOc1ccc(C)cc1C. The van der Waals surface area contributed by atoms with Crippen molar-refractivity contribution in [2.24, 2.45) is 0 Å². The van der Waals surface area contributed by atoms with Gasteiger partial charge in [-0.2, -0.15) is 0 Å². The third-order valence-corrected chi connectivity index (χ3v) is 3.99. The number of ether oxygens (including phenoxy) is 3. The number of carbonyl (C=O) groups is 1. The molecule has 0 spiro atoms. The third-order valence-electron chi connectivity index (χ3n) is 3.99. The molecule has 2 aromatic rings. The zero-order valence-corrected chi connectivity index (χ0v) is 15.9. The fraction of sp³-hybridized carbons (Fsp3) is 0.381. The van der Waals surface area contributed by atoms with Crippen LogP contribution in [0.1, 0.15) is 24.5 Å². The number of aryl methyl sites for hydroxylation is 2. The van der Waals surface area contributed by atoms with E-state index in [0.29, 0.717) is 25.3 Å². The second-order valence-corrected chi connectivity index (χ2v) is 6.10. The van der Waals surface area contributed by atoms with E-state index in [-0.39, 0.29) is 5.91 Å². The van der Waals surface area contributed by atoms with Gasteiger partial charge in [-0.1, -0.05) is 24.6 Å². The average molecular weight is 357 g/mol. The van der Waals surface area contributed by atoms with Gasteiger partial charge >= 0.3 is 0 Å². The summed E-state index contributed by atoms with van der Waals surface area (Å²) in [6, 6.07) is 13.2. The molecule has 0 aromatic heterocycles. The molecule has 26 heavy (non-hydrogen) atoms. The van der Waals surface area contributed by atoms with Gasteiger partial charge in [0.25, 0.3) is 5.91 Å². The van der Waals surface area contributed by atoms with Crippen LogP contribution in [0.5, 0.6) is 17.2 Å². The first kappa shape index (κ1) is 19.6. The summed E-state index contributed by atoms with van der Waals surface area (Å²) in [6.07, 6.45) is 0.0417. The van der Waals surface area contributed by atoms with Crippen molar-refractivity contribution < 1.29 is 19.0 Å². The lowest BCUT2D eigenvalue weighted by molar-refractivity contribution is -0.128. The second-order valence-electron chi connectivity index (χ2n) is 6.10. The van der Waals surface area contributed by atoms with E-state index in [1.807, 2.05) is 32.9 Å². The maximum atomic E-state index is 12.3. The van der Waals surface area contributed by atoms with E-state index >= 15 is 0 Å². The Kier molecular flexibility index (Phi) is 7.33. The molecule has 1 amide bonds. The molecule has 0 fully saturated rings. The average Bonchev–Trinajstić information content (AvgIpc) is 2.65. The summed E-state index contributed by atoms with van der Waals surface area (Å²) < 4.78 is 16.6. The van der Waals surface area contributed by atoms with Crippen LogP contribution in [0.25, 0.3) is 0 Å². The first-order valence-electron chi connectivity index (χ1n) is 8.82. The smallest absolute Gasteiger partial charge is 0.261 e. The lowest BCUT2D eigenvalue weighted by atomic mass is 10.1. The van der Waals surface area contributed by atoms with Crippen LogP contribution >= 0.6 is 0 Å². The van der Waals surface area contributed by atoms with Gasteiger partial charge in [0.15, 0.2) is 6.10 Å². The maximum Gasteiger partial charge on any atom is 0.261 e. The minimum atomic E-state index is -0.537. The Morgan fingerprint density at radius 1 is 1.08 bits per heavy atom. The molecule has 0 aliphatic carbocycles. The van der Waals surface area contributed by atoms with E-state index < -0.39 is 6.10 Å². The fourth-order valence-corrected chi connectivity index (χ4v) is 2.55. The van der Waals surface area contributed by atoms with Gasteiger partial charge in [0, 0.05) is 0 Å². The number of hydrogen-bond acceptors (Lipinski definition) is 4. The standard InChI is InChI=1S/C21H27NO4/c1-5-19(26-18-9-7-17(24-4)8-10-18)21(23)22-12-13-25-20-11-6-15(2)14-16(20)3/h6-11,14,19H,5,12-13H2,1-4H3,(H,22,23)/t19-/m0/s1. The summed E-state index contributed by atoms with van der Waals surface area (Å²) in [6.45, 7) is 6.81. The van der Waals surface area contributed by atoms with Crippen molar-refractivity contribution in [3.63, 3.8) is 0 Å². The quantitative estimate of drug-likeness (QED) is 0.696. The highest BCUT2D eigenvalue weighted by atomic mass is 16.5. The first-order valence-corrected chi connectivity index (χ1v) is 8.82. The molecule has 0 aliphatic heterocycles. The van der Waals surface area contributed by atoms with E-state index in [2.05, 4.69) is 11.4 Å². The first-order chi connectivity index (χ1) is 12.5. The van der Waals surface area contributed by atoms with Crippen molar-refractivity contribution in [2.75, 3.05) is 20.3 Å². The zero-order valence-electron chi connectivity index (χ0n) is 15.9. The highest BCUT2D eigenvalue weighted by Crippen LogP contribution is 2.19. The van der Waals surface area contributed by atoms with Gasteiger partial charge in [0.05, 0.1) is 13.7 Å². The number of amides is 1. The number of hydrogen-bond donors (Lipinski definition) is 1. The molecule has 0 aliphatic rings. The summed E-state index contributed by atoms with van der Waals surface area (Å²) in [7, 11) is 1.61. The largest absolute Gasteiger partial charge is 0.497 e. The van der Waals surface area contributed by atoms with Crippen LogP contribution in [0.15, 0.2) is 42.5 Å². The van der Waals surface area contributed by atoms with Crippen molar-refractivity contribution in [2.45, 2.75) is 33.3 Å². The number of carbonyl (C=O) groups excluding carboxylic acids is 1. The number of nitrogens with one attached hydrogen (secondary N) is 1. The van der Waals surface area contributed by atoms with E-state index in [0.717, 1.165) is 17.1 Å². The minimum Gasteiger partial charge on any atom is -0.497 e.